The number of rotatable bonds is 5. The van der Waals surface area contributed by atoms with Crippen molar-refractivity contribution in [2.75, 3.05) is 11.9 Å². The molecule has 88 valence electrons. The van der Waals surface area contributed by atoms with Gasteiger partial charge < -0.3 is 5.32 Å². The molecule has 0 aliphatic rings. The Morgan fingerprint density at radius 1 is 1.33 bits per heavy atom. The van der Waals surface area contributed by atoms with E-state index in [1.54, 1.807) is 0 Å². The zero-order valence-corrected chi connectivity index (χ0v) is 11.5. The molecule has 4 heteroatoms. The van der Waals surface area contributed by atoms with Crippen LogP contribution < -0.4 is 5.32 Å². The number of Topliss-reactive ketones (excluding diaryl/α,β-unsaturated/α-hetero) is 1. The Labute approximate surface area is 100 Å². The first-order valence-electron chi connectivity index (χ1n) is 5.09. The average Bonchev–Trinajstić information content (AvgIpc) is 2.08. The van der Waals surface area contributed by atoms with Gasteiger partial charge in [-0.3, -0.25) is 9.59 Å². The van der Waals surface area contributed by atoms with Gasteiger partial charge in [0.2, 0.25) is 5.91 Å². The number of carbonyl (C=O) groups excluding carboxylic acids is 2. The molecule has 1 N–H and O–H groups in total. The van der Waals surface area contributed by atoms with Crippen LogP contribution in [-0.4, -0.2) is 23.6 Å². The van der Waals surface area contributed by atoms with E-state index in [2.05, 4.69) is 42.0 Å². The molecule has 0 saturated heterocycles. The van der Waals surface area contributed by atoms with Crippen molar-refractivity contribution in [1.29, 1.82) is 0 Å². The highest BCUT2D eigenvalue weighted by Crippen LogP contribution is 2.25. The highest BCUT2D eigenvalue weighted by Gasteiger charge is 2.24. The highest BCUT2D eigenvalue weighted by molar-refractivity contribution is 9.09. The first-order chi connectivity index (χ1) is 6.76. The molecule has 0 bridgehead atoms. The quantitative estimate of drug-likeness (QED) is 0.783. The Hall–Kier alpha value is -0.380. The molecule has 15 heavy (non-hydrogen) atoms. The molecule has 0 aromatic carbocycles. The molecule has 0 heterocycles. The van der Waals surface area contributed by atoms with Gasteiger partial charge in [-0.2, -0.15) is 0 Å². The second-order valence-electron chi connectivity index (χ2n) is 5.00. The summed E-state index contributed by atoms with van der Waals surface area (Å²) in [4.78, 5) is 22.4. The van der Waals surface area contributed by atoms with Gasteiger partial charge in [-0.25, -0.2) is 0 Å². The van der Waals surface area contributed by atoms with Gasteiger partial charge >= 0.3 is 0 Å². The van der Waals surface area contributed by atoms with E-state index < -0.39 is 0 Å². The van der Waals surface area contributed by atoms with E-state index >= 15 is 0 Å². The lowest BCUT2D eigenvalue weighted by Gasteiger charge is -2.24. The molecular formula is C11H20BrNO2. The molecule has 1 unspecified atom stereocenters. The second-order valence-corrected chi connectivity index (χ2v) is 5.56. The lowest BCUT2D eigenvalue weighted by atomic mass is 9.83. The summed E-state index contributed by atoms with van der Waals surface area (Å²) in [6.45, 7) is 8.18. The minimum atomic E-state index is -0.0896. The maximum Gasteiger partial charge on any atom is 0.216 e. The minimum Gasteiger partial charge on any atom is -0.356 e. The Morgan fingerprint density at radius 3 is 2.20 bits per heavy atom. The third-order valence-electron chi connectivity index (χ3n) is 2.04. The number of alkyl halides is 1. The second kappa shape index (κ2) is 6.26. The van der Waals surface area contributed by atoms with E-state index in [4.69, 9.17) is 0 Å². The van der Waals surface area contributed by atoms with Crippen molar-refractivity contribution in [3.8, 4) is 0 Å². The van der Waals surface area contributed by atoms with Crippen LogP contribution in [0.1, 0.15) is 34.1 Å². The van der Waals surface area contributed by atoms with Crippen LogP contribution in [0.5, 0.6) is 0 Å². The molecule has 1 atom stereocenters. The van der Waals surface area contributed by atoms with Crippen molar-refractivity contribution in [2.45, 2.75) is 34.1 Å². The summed E-state index contributed by atoms with van der Waals surface area (Å²) in [5.41, 5.74) is 0.0982. The van der Waals surface area contributed by atoms with Crippen molar-refractivity contribution in [2.24, 2.45) is 11.3 Å². The van der Waals surface area contributed by atoms with Crippen LogP contribution in [0.4, 0.5) is 0 Å². The van der Waals surface area contributed by atoms with Gasteiger partial charge in [-0.1, -0.05) is 36.7 Å². The monoisotopic (exact) mass is 277 g/mol. The van der Waals surface area contributed by atoms with Crippen molar-refractivity contribution in [3.63, 3.8) is 0 Å². The summed E-state index contributed by atoms with van der Waals surface area (Å²) in [6, 6.07) is 0. The van der Waals surface area contributed by atoms with Gasteiger partial charge in [0.05, 0.1) is 5.33 Å². The molecule has 0 saturated carbocycles. The highest BCUT2D eigenvalue weighted by atomic mass is 79.9. The van der Waals surface area contributed by atoms with Crippen LogP contribution in [0.2, 0.25) is 0 Å². The summed E-state index contributed by atoms with van der Waals surface area (Å²) >= 11 is 3.17. The Morgan fingerprint density at radius 2 is 1.87 bits per heavy atom. The predicted molar refractivity (Wildman–Crippen MR) is 65.0 cm³/mol. The summed E-state index contributed by atoms with van der Waals surface area (Å²) in [5.74, 6) is -0.0248. The molecular weight excluding hydrogens is 258 g/mol. The maximum atomic E-state index is 11.6. The molecule has 0 fully saturated rings. The van der Waals surface area contributed by atoms with Gasteiger partial charge in [0.1, 0.15) is 5.78 Å². The Bertz CT molecular complexity index is 233. The fraction of sp³-hybridized carbons (Fsp3) is 0.818. The maximum absolute atomic E-state index is 11.6. The first kappa shape index (κ1) is 14.6. The molecule has 3 nitrogen and oxygen atoms in total. The SMILES string of the molecule is CC(=O)NCC(CC(C)(C)C)C(=O)CBr. The minimum absolute atomic E-state index is 0.0868. The largest absolute Gasteiger partial charge is 0.356 e. The van der Waals surface area contributed by atoms with Gasteiger partial charge in [0, 0.05) is 19.4 Å². The zero-order chi connectivity index (χ0) is 12.1. The van der Waals surface area contributed by atoms with Crippen molar-refractivity contribution < 1.29 is 9.59 Å². The fourth-order valence-electron chi connectivity index (χ4n) is 1.42. The normalized spacial score (nSPS) is 13.4. The topological polar surface area (TPSA) is 46.2 Å². The van der Waals surface area contributed by atoms with E-state index in [0.717, 1.165) is 6.42 Å². The summed E-state index contributed by atoms with van der Waals surface area (Å²) in [5, 5.41) is 3.06. The smallest absolute Gasteiger partial charge is 0.216 e. The van der Waals surface area contributed by atoms with Gasteiger partial charge in [-0.15, -0.1) is 0 Å². The molecule has 0 aliphatic heterocycles. The first-order valence-corrected chi connectivity index (χ1v) is 6.21. The van der Waals surface area contributed by atoms with Crippen LogP contribution in [-0.2, 0) is 9.59 Å². The molecule has 0 aliphatic carbocycles. The Kier molecular flexibility index (Phi) is 6.10. The van der Waals surface area contributed by atoms with Gasteiger partial charge in [0.25, 0.3) is 0 Å². The lowest BCUT2D eigenvalue weighted by molar-refractivity contribution is -0.122. The summed E-state index contributed by atoms with van der Waals surface area (Å²) in [7, 11) is 0. The van der Waals surface area contributed by atoms with Crippen LogP contribution >= 0.6 is 15.9 Å². The number of hydrogen-bond acceptors (Lipinski definition) is 2. The zero-order valence-electron chi connectivity index (χ0n) is 9.89. The number of ketones is 1. The number of hydrogen-bond donors (Lipinski definition) is 1. The lowest BCUT2D eigenvalue weighted by Crippen LogP contribution is -2.34. The van der Waals surface area contributed by atoms with E-state index in [1.807, 2.05) is 0 Å². The van der Waals surface area contributed by atoms with Crippen molar-refractivity contribution >= 4 is 27.6 Å². The van der Waals surface area contributed by atoms with Crippen LogP contribution in [0.15, 0.2) is 0 Å². The Balaban J connectivity index is 4.32. The van der Waals surface area contributed by atoms with Gasteiger partial charge in [0.15, 0.2) is 0 Å². The average molecular weight is 278 g/mol. The standard InChI is InChI=1S/C11H20BrNO2/c1-8(14)13-7-9(10(15)6-12)5-11(2,3)4/h9H,5-7H2,1-4H3,(H,13,14). The number of carbonyl (C=O) groups is 2. The predicted octanol–water partition coefficient (Wildman–Crippen LogP) is 2.14. The van der Waals surface area contributed by atoms with E-state index in [1.165, 1.54) is 6.92 Å². The fourth-order valence-corrected chi connectivity index (χ4v) is 1.87. The van der Waals surface area contributed by atoms with Crippen molar-refractivity contribution in [3.05, 3.63) is 0 Å². The van der Waals surface area contributed by atoms with E-state index in [-0.39, 0.29) is 23.0 Å². The van der Waals surface area contributed by atoms with E-state index in [9.17, 15) is 9.59 Å². The van der Waals surface area contributed by atoms with E-state index in [0.29, 0.717) is 11.9 Å². The van der Waals surface area contributed by atoms with Crippen molar-refractivity contribution in [1.82, 2.24) is 5.32 Å². The molecule has 0 aromatic rings. The number of amides is 1. The molecule has 0 spiro atoms. The molecule has 0 rings (SSSR count). The summed E-state index contributed by atoms with van der Waals surface area (Å²) in [6.07, 6.45) is 0.789. The van der Waals surface area contributed by atoms with Crippen LogP contribution in [0.25, 0.3) is 0 Å². The summed E-state index contributed by atoms with van der Waals surface area (Å²) < 4.78 is 0. The van der Waals surface area contributed by atoms with Gasteiger partial charge in [-0.05, 0) is 11.8 Å². The number of halogens is 1. The van der Waals surface area contributed by atoms with Crippen LogP contribution in [0.3, 0.4) is 0 Å². The molecule has 0 radical (unpaired) electrons. The number of nitrogens with one attached hydrogen (secondary N) is 1. The third-order valence-corrected chi connectivity index (χ3v) is 2.60. The van der Waals surface area contributed by atoms with Crippen LogP contribution in [0, 0.1) is 11.3 Å². The molecule has 0 aromatic heterocycles. The molecule has 1 amide bonds. The third kappa shape index (κ3) is 7.54.